The third-order valence-corrected chi connectivity index (χ3v) is 5.16. The summed E-state index contributed by atoms with van der Waals surface area (Å²) < 4.78 is 28.1. The Bertz CT molecular complexity index is 621. The molecule has 2 atom stereocenters. The maximum Gasteiger partial charge on any atom is 0.438 e. The van der Waals surface area contributed by atoms with Crippen LogP contribution < -0.4 is 10.2 Å². The molecule has 2 rings (SSSR count). The van der Waals surface area contributed by atoms with Crippen LogP contribution in [0, 0.1) is 0 Å². The van der Waals surface area contributed by atoms with Crippen LogP contribution in [0.15, 0.2) is 60.7 Å². The zero-order chi connectivity index (χ0) is 15.3. The van der Waals surface area contributed by atoms with Crippen molar-refractivity contribution in [3.8, 4) is 0 Å². The Morgan fingerprint density at radius 3 is 1.38 bits per heavy atom. The second-order valence-corrected chi connectivity index (χ2v) is 7.26. The fourth-order valence-corrected chi connectivity index (χ4v) is 4.02. The van der Waals surface area contributed by atoms with Gasteiger partial charge in [0.05, 0.1) is 0 Å². The van der Waals surface area contributed by atoms with Gasteiger partial charge in [0.2, 0.25) is 0 Å². The minimum Gasteiger partial charge on any atom is -0.308 e. The Hall–Kier alpha value is -1.62. The third kappa shape index (κ3) is 5.34. The van der Waals surface area contributed by atoms with Crippen molar-refractivity contribution in [2.45, 2.75) is 0 Å². The summed E-state index contributed by atoms with van der Waals surface area (Å²) in [6.07, 6.45) is 0. The van der Waals surface area contributed by atoms with Crippen molar-refractivity contribution in [3.05, 3.63) is 60.7 Å². The predicted molar refractivity (Wildman–Crippen MR) is 80.9 cm³/mol. The highest BCUT2D eigenvalue weighted by Crippen LogP contribution is 2.58. The molecule has 9 heteroatoms. The number of anilines is 2. The first-order valence-corrected chi connectivity index (χ1v) is 9.05. The van der Waals surface area contributed by atoms with Crippen LogP contribution in [0.4, 0.5) is 11.4 Å². The lowest BCUT2D eigenvalue weighted by molar-refractivity contribution is 0.341. The molecule has 2 aromatic rings. The minimum absolute atomic E-state index is 0.294. The molecule has 0 radical (unpaired) electrons. The zero-order valence-electron chi connectivity index (χ0n) is 10.8. The molecule has 0 aliphatic carbocycles. The first-order valence-electron chi connectivity index (χ1n) is 5.90. The van der Waals surface area contributed by atoms with Gasteiger partial charge < -0.3 is 9.79 Å². The van der Waals surface area contributed by atoms with Crippen molar-refractivity contribution in [2.24, 2.45) is 0 Å². The van der Waals surface area contributed by atoms with Gasteiger partial charge in [0.15, 0.2) is 0 Å². The zero-order valence-corrected chi connectivity index (χ0v) is 12.6. The smallest absolute Gasteiger partial charge is 0.308 e. The monoisotopic (exact) mass is 328 g/mol. The van der Waals surface area contributed by atoms with Crippen molar-refractivity contribution >= 4 is 26.9 Å². The van der Waals surface area contributed by atoms with E-state index in [1.165, 1.54) is 24.3 Å². The summed E-state index contributed by atoms with van der Waals surface area (Å²) in [5.74, 6) is 0. The van der Waals surface area contributed by atoms with Gasteiger partial charge in [0.1, 0.15) is 0 Å². The fourth-order valence-electron chi connectivity index (χ4n) is 1.54. The first kappa shape index (κ1) is 15.8. The number of para-hydroxylation sites is 2. The second-order valence-electron chi connectivity index (χ2n) is 4.08. The minimum atomic E-state index is -4.50. The van der Waals surface area contributed by atoms with E-state index in [2.05, 4.69) is 14.5 Å². The number of benzene rings is 2. The average molecular weight is 328 g/mol. The maximum atomic E-state index is 11.8. The summed E-state index contributed by atoms with van der Waals surface area (Å²) >= 11 is 0. The molecule has 112 valence electrons. The van der Waals surface area contributed by atoms with Crippen molar-refractivity contribution in [2.75, 3.05) is 10.2 Å². The molecule has 0 aliphatic heterocycles. The molecular formula is C12H14N2O5P2. The van der Waals surface area contributed by atoms with Gasteiger partial charge in [-0.15, -0.1) is 0 Å². The Morgan fingerprint density at radius 1 is 0.714 bits per heavy atom. The quantitative estimate of drug-likeness (QED) is 0.602. The lowest BCUT2D eigenvalue weighted by Gasteiger charge is -2.18. The van der Waals surface area contributed by atoms with Gasteiger partial charge in [-0.05, 0) is 24.3 Å². The molecule has 0 aliphatic rings. The Labute approximate surface area is 121 Å². The molecule has 2 unspecified atom stereocenters. The molecule has 4 N–H and O–H groups in total. The van der Waals surface area contributed by atoms with Crippen molar-refractivity contribution in [1.82, 2.24) is 0 Å². The van der Waals surface area contributed by atoms with Gasteiger partial charge in [-0.25, -0.2) is 9.13 Å². The van der Waals surface area contributed by atoms with E-state index < -0.39 is 15.5 Å². The van der Waals surface area contributed by atoms with Crippen LogP contribution in [-0.2, 0) is 13.4 Å². The van der Waals surface area contributed by atoms with Crippen LogP contribution in [0.25, 0.3) is 0 Å². The van der Waals surface area contributed by atoms with E-state index in [1.807, 2.05) is 0 Å². The highest BCUT2D eigenvalue weighted by molar-refractivity contribution is 7.67. The predicted octanol–water partition coefficient (Wildman–Crippen LogP) is 3.43. The molecule has 0 fully saturated rings. The Kier molecular flexibility index (Phi) is 4.83. The summed E-state index contributed by atoms with van der Waals surface area (Å²) in [5.41, 5.74) is 0.589. The largest absolute Gasteiger partial charge is 0.438 e. The molecule has 0 heterocycles. The van der Waals surface area contributed by atoms with Crippen molar-refractivity contribution in [1.29, 1.82) is 0 Å². The van der Waals surface area contributed by atoms with Gasteiger partial charge >= 0.3 is 15.5 Å². The van der Waals surface area contributed by atoms with Crippen LogP contribution in [0.3, 0.4) is 0 Å². The summed E-state index contributed by atoms with van der Waals surface area (Å²) in [7, 11) is -9.00. The molecule has 7 nitrogen and oxygen atoms in total. The highest BCUT2D eigenvalue weighted by atomic mass is 31.3. The van der Waals surface area contributed by atoms with E-state index in [0.29, 0.717) is 11.4 Å². The molecule has 0 bridgehead atoms. The molecule has 0 spiro atoms. The molecule has 21 heavy (non-hydrogen) atoms. The lowest BCUT2D eigenvalue weighted by atomic mass is 10.3. The molecule has 0 saturated carbocycles. The Balaban J connectivity index is 2.04. The van der Waals surface area contributed by atoms with Crippen LogP contribution in [-0.4, -0.2) is 9.79 Å². The normalized spacial score (nSPS) is 16.5. The number of rotatable bonds is 6. The second kappa shape index (κ2) is 6.43. The van der Waals surface area contributed by atoms with E-state index in [-0.39, 0.29) is 0 Å². The van der Waals surface area contributed by atoms with E-state index in [0.717, 1.165) is 0 Å². The maximum absolute atomic E-state index is 11.8. The molecule has 2 aromatic carbocycles. The standard InChI is InChI=1S/C12H14N2O5P2/c15-20(16,13-11-7-3-1-4-8-11)19-21(17,18)14-12-9-5-2-6-10-12/h1-10H,(H2,13,15,16)(H2,14,17,18). The molecule has 0 saturated heterocycles. The van der Waals surface area contributed by atoms with E-state index >= 15 is 0 Å². The van der Waals surface area contributed by atoms with Crippen LogP contribution in [0.5, 0.6) is 0 Å². The van der Waals surface area contributed by atoms with Gasteiger partial charge in [-0.2, -0.15) is 4.31 Å². The van der Waals surface area contributed by atoms with Crippen LogP contribution >= 0.6 is 15.5 Å². The number of nitrogens with one attached hydrogen (secondary N) is 2. The summed E-state index contributed by atoms with van der Waals surface area (Å²) in [6, 6.07) is 16.1. The van der Waals surface area contributed by atoms with Gasteiger partial charge in [0.25, 0.3) is 0 Å². The van der Waals surface area contributed by atoms with Gasteiger partial charge in [-0.1, -0.05) is 36.4 Å². The molecule has 0 aromatic heterocycles. The topological polar surface area (TPSA) is 108 Å². The van der Waals surface area contributed by atoms with Crippen molar-refractivity contribution in [3.63, 3.8) is 0 Å². The summed E-state index contributed by atoms with van der Waals surface area (Å²) in [4.78, 5) is 19.3. The summed E-state index contributed by atoms with van der Waals surface area (Å²) in [6.45, 7) is 0. The number of hydrogen-bond acceptors (Lipinski definition) is 3. The molecular weight excluding hydrogens is 314 g/mol. The lowest BCUT2D eigenvalue weighted by Crippen LogP contribution is -2.04. The average Bonchev–Trinajstić information content (AvgIpc) is 2.38. The van der Waals surface area contributed by atoms with Gasteiger partial charge in [0, 0.05) is 11.4 Å². The highest BCUT2D eigenvalue weighted by Gasteiger charge is 2.32. The van der Waals surface area contributed by atoms with E-state index in [4.69, 9.17) is 0 Å². The summed E-state index contributed by atoms with van der Waals surface area (Å²) in [5, 5.41) is 4.35. The van der Waals surface area contributed by atoms with Crippen molar-refractivity contribution < 1.29 is 23.2 Å². The SMILES string of the molecule is O=P(O)(Nc1ccccc1)OP(=O)(O)Nc1ccccc1. The third-order valence-electron chi connectivity index (χ3n) is 2.31. The number of hydrogen-bond donors (Lipinski definition) is 4. The first-order chi connectivity index (χ1) is 9.86. The van der Waals surface area contributed by atoms with E-state index in [1.54, 1.807) is 36.4 Å². The van der Waals surface area contributed by atoms with Crippen LogP contribution in [0.2, 0.25) is 0 Å². The van der Waals surface area contributed by atoms with Crippen LogP contribution in [0.1, 0.15) is 0 Å². The Morgan fingerprint density at radius 2 is 1.05 bits per heavy atom. The fraction of sp³-hybridized carbons (Fsp3) is 0. The molecule has 0 amide bonds. The van der Waals surface area contributed by atoms with Gasteiger partial charge in [-0.3, -0.25) is 10.2 Å². The van der Waals surface area contributed by atoms with E-state index in [9.17, 15) is 18.9 Å².